The highest BCUT2D eigenvalue weighted by Gasteiger charge is 2.27. The highest BCUT2D eigenvalue weighted by atomic mass is 32.1. The van der Waals surface area contributed by atoms with Crippen LogP contribution in [0.25, 0.3) is 0 Å². The van der Waals surface area contributed by atoms with Crippen LogP contribution >= 0.6 is 12.6 Å². The largest absolute Gasteiger partial charge is 0.509 e. The summed E-state index contributed by atoms with van der Waals surface area (Å²) < 4.78 is 42.0. The number of esters is 1. The lowest BCUT2D eigenvalue weighted by atomic mass is 9.78. The van der Waals surface area contributed by atoms with Crippen molar-refractivity contribution in [3.8, 4) is 0 Å². The Hall–Kier alpha value is -1.11. The number of methoxy groups -OCH3 is 1. The number of benzene rings is 1. The van der Waals surface area contributed by atoms with Crippen LogP contribution in [0.1, 0.15) is 15.9 Å². The number of hydrogen-bond donors (Lipinski definition) is 1. The topological polar surface area (TPSA) is 26.3 Å². The van der Waals surface area contributed by atoms with Gasteiger partial charge < -0.3 is 17.7 Å². The Morgan fingerprint density at radius 2 is 1.94 bits per heavy atom. The maximum atomic E-state index is 12.5. The lowest BCUT2D eigenvalue weighted by Crippen LogP contribution is -2.35. The molecule has 0 N–H and O–H groups in total. The van der Waals surface area contributed by atoms with Crippen LogP contribution in [0.5, 0.6) is 0 Å². The molecule has 1 rings (SSSR count). The third kappa shape index (κ3) is 2.52. The van der Waals surface area contributed by atoms with Gasteiger partial charge in [0.25, 0.3) is 0 Å². The van der Waals surface area contributed by atoms with Crippen LogP contribution in [0.2, 0.25) is 0 Å². The molecule has 0 amide bonds. The summed E-state index contributed by atoms with van der Waals surface area (Å²) >= 11 is 3.90. The van der Waals surface area contributed by atoms with Gasteiger partial charge in [-0.3, -0.25) is 0 Å². The molecule has 0 bridgehead atoms. The molecule has 0 unspecified atom stereocenters. The minimum atomic E-state index is -5.15. The minimum absolute atomic E-state index is 0.107. The van der Waals surface area contributed by atoms with E-state index in [4.69, 9.17) is 0 Å². The van der Waals surface area contributed by atoms with Gasteiger partial charge in [0.15, 0.2) is 0 Å². The maximum absolute atomic E-state index is 12.5. The highest BCUT2D eigenvalue weighted by Crippen LogP contribution is 2.20. The average Bonchev–Trinajstić information content (AvgIpc) is 2.19. The molecule has 0 atom stereocenters. The zero-order valence-electron chi connectivity index (χ0n) is 8.63. The molecule has 0 saturated carbocycles. The van der Waals surface area contributed by atoms with Crippen LogP contribution in [0.4, 0.5) is 12.9 Å². The van der Waals surface area contributed by atoms with Crippen molar-refractivity contribution in [2.75, 3.05) is 7.11 Å². The minimum Gasteiger partial charge on any atom is -0.465 e. The second-order valence-electron chi connectivity index (χ2n) is 3.28. The summed E-state index contributed by atoms with van der Waals surface area (Å²) in [6.07, 6.45) is 0. The average molecular weight is 249 g/mol. The number of carbonyl (C=O) groups excluding carboxylic acids is 1. The molecular weight excluding hydrogens is 240 g/mol. The normalized spacial score (nSPS) is 11.4. The molecule has 0 aliphatic carbocycles. The molecule has 0 fully saturated rings. The van der Waals surface area contributed by atoms with E-state index in [1.807, 2.05) is 0 Å². The van der Waals surface area contributed by atoms with Gasteiger partial charge in [-0.1, -0.05) is 12.1 Å². The zero-order chi connectivity index (χ0) is 12.5. The Morgan fingerprint density at radius 3 is 2.38 bits per heavy atom. The van der Waals surface area contributed by atoms with E-state index in [0.717, 1.165) is 19.2 Å². The Labute approximate surface area is 96.3 Å². The van der Waals surface area contributed by atoms with Crippen molar-refractivity contribution in [1.82, 2.24) is 0 Å². The molecule has 88 valence electrons. The van der Waals surface area contributed by atoms with Crippen LogP contribution in [0, 0.1) is 6.92 Å². The molecular formula is C9H9BF3O2S-. The van der Waals surface area contributed by atoms with Crippen LogP contribution < -0.4 is 5.46 Å². The van der Waals surface area contributed by atoms with Gasteiger partial charge in [0.05, 0.1) is 12.7 Å². The molecule has 0 saturated heterocycles. The summed E-state index contributed by atoms with van der Waals surface area (Å²) in [5.74, 6) is -0.797. The Balaban J connectivity index is 3.39. The van der Waals surface area contributed by atoms with Gasteiger partial charge in [-0.25, -0.2) is 4.79 Å². The van der Waals surface area contributed by atoms with Gasteiger partial charge in [0.1, 0.15) is 0 Å². The van der Waals surface area contributed by atoms with E-state index in [-0.39, 0.29) is 10.5 Å². The molecule has 0 aliphatic heterocycles. The fraction of sp³-hybridized carbons (Fsp3) is 0.222. The molecule has 16 heavy (non-hydrogen) atoms. The van der Waals surface area contributed by atoms with Gasteiger partial charge in [0, 0.05) is 4.90 Å². The molecule has 0 radical (unpaired) electrons. The Morgan fingerprint density at radius 1 is 1.38 bits per heavy atom. The summed E-state index contributed by atoms with van der Waals surface area (Å²) in [6, 6.07) is 1.70. The van der Waals surface area contributed by atoms with Crippen LogP contribution in [-0.2, 0) is 4.74 Å². The Bertz CT molecular complexity index is 431. The lowest BCUT2D eigenvalue weighted by Gasteiger charge is -2.18. The smallest absolute Gasteiger partial charge is 0.465 e. The first-order valence-electron chi connectivity index (χ1n) is 4.39. The molecule has 1 aromatic carbocycles. The number of rotatable bonds is 2. The van der Waals surface area contributed by atoms with Gasteiger partial charge >= 0.3 is 12.9 Å². The summed E-state index contributed by atoms with van der Waals surface area (Å²) in [5.41, 5.74) is -0.584. The number of carbonyl (C=O) groups is 1. The standard InChI is InChI=1S/C9H9BF3O2S/c1-5-7(9(14)15-2)3-6(4-8(5)16)10(11,12)13/h3-4,16H,1-2H3/q-1. The summed E-state index contributed by atoms with van der Waals surface area (Å²) in [7, 11) is 1.12. The second-order valence-corrected chi connectivity index (χ2v) is 3.76. The molecule has 0 heterocycles. The molecule has 1 aromatic rings. The molecule has 0 aromatic heterocycles. The van der Waals surface area contributed by atoms with Crippen molar-refractivity contribution in [2.45, 2.75) is 11.8 Å². The van der Waals surface area contributed by atoms with Crippen molar-refractivity contribution in [3.05, 3.63) is 23.3 Å². The van der Waals surface area contributed by atoms with Crippen molar-refractivity contribution in [3.63, 3.8) is 0 Å². The van der Waals surface area contributed by atoms with E-state index in [9.17, 15) is 17.7 Å². The molecule has 0 spiro atoms. The second kappa shape index (κ2) is 4.41. The predicted molar refractivity (Wildman–Crippen MR) is 58.5 cm³/mol. The van der Waals surface area contributed by atoms with E-state index in [1.54, 1.807) is 0 Å². The van der Waals surface area contributed by atoms with Gasteiger partial charge in [-0.2, -0.15) is 0 Å². The quantitative estimate of drug-likeness (QED) is 0.493. The first kappa shape index (κ1) is 13.0. The van der Waals surface area contributed by atoms with Gasteiger partial charge in [-0.15, -0.1) is 18.1 Å². The van der Waals surface area contributed by atoms with Crippen LogP contribution in [0.3, 0.4) is 0 Å². The zero-order valence-corrected chi connectivity index (χ0v) is 9.52. The van der Waals surface area contributed by atoms with Crippen LogP contribution in [-0.4, -0.2) is 20.1 Å². The first-order valence-corrected chi connectivity index (χ1v) is 4.84. The maximum Gasteiger partial charge on any atom is 0.509 e. The van der Waals surface area contributed by atoms with E-state index < -0.39 is 18.4 Å². The number of hydrogen-bond acceptors (Lipinski definition) is 3. The lowest BCUT2D eigenvalue weighted by molar-refractivity contribution is 0.0599. The SMILES string of the molecule is COC(=O)c1cc([B-](F)(F)F)cc(S)c1C. The summed E-state index contributed by atoms with van der Waals surface area (Å²) in [4.78, 5) is 11.4. The first-order chi connectivity index (χ1) is 7.27. The molecule has 0 aliphatic rings. The van der Waals surface area contributed by atoms with Crippen molar-refractivity contribution in [2.24, 2.45) is 0 Å². The fourth-order valence-electron chi connectivity index (χ4n) is 1.23. The summed E-state index contributed by atoms with van der Waals surface area (Å²) in [5, 5.41) is 0. The highest BCUT2D eigenvalue weighted by molar-refractivity contribution is 7.80. The molecule has 2 nitrogen and oxygen atoms in total. The van der Waals surface area contributed by atoms with Gasteiger partial charge in [-0.05, 0) is 12.5 Å². The summed E-state index contributed by atoms with van der Waals surface area (Å²) in [6.45, 7) is -3.63. The molecule has 7 heteroatoms. The number of halogens is 3. The van der Waals surface area contributed by atoms with E-state index in [0.29, 0.717) is 5.56 Å². The Kier molecular flexibility index (Phi) is 3.57. The van der Waals surface area contributed by atoms with E-state index in [1.165, 1.54) is 6.92 Å². The third-order valence-corrected chi connectivity index (χ3v) is 2.65. The predicted octanol–water partition coefficient (Wildman–Crippen LogP) is 2.12. The van der Waals surface area contributed by atoms with E-state index >= 15 is 0 Å². The fourth-order valence-corrected chi connectivity index (χ4v) is 1.50. The number of ether oxygens (including phenoxy) is 1. The van der Waals surface area contributed by atoms with Crippen molar-refractivity contribution >= 4 is 31.0 Å². The van der Waals surface area contributed by atoms with Crippen molar-refractivity contribution < 1.29 is 22.5 Å². The van der Waals surface area contributed by atoms with Crippen molar-refractivity contribution in [1.29, 1.82) is 0 Å². The van der Waals surface area contributed by atoms with E-state index in [2.05, 4.69) is 17.4 Å². The van der Waals surface area contributed by atoms with Gasteiger partial charge in [0.2, 0.25) is 0 Å². The third-order valence-electron chi connectivity index (χ3n) is 2.19. The number of thiol groups is 1. The monoisotopic (exact) mass is 249 g/mol. The van der Waals surface area contributed by atoms with Crippen LogP contribution in [0.15, 0.2) is 17.0 Å².